The Morgan fingerprint density at radius 1 is 1.10 bits per heavy atom. The van der Waals surface area contributed by atoms with Crippen LogP contribution in [0.3, 0.4) is 0 Å². The SMILES string of the molecule is CCNC(Cc1ccc(C)cc1)c1c(F)cc(Br)cc1F. The molecule has 0 bridgehead atoms. The summed E-state index contributed by atoms with van der Waals surface area (Å²) in [5, 5.41) is 3.17. The Morgan fingerprint density at radius 2 is 1.67 bits per heavy atom. The van der Waals surface area contributed by atoms with Gasteiger partial charge in [-0.1, -0.05) is 52.7 Å². The summed E-state index contributed by atoms with van der Waals surface area (Å²) in [4.78, 5) is 0. The fourth-order valence-electron chi connectivity index (χ4n) is 2.37. The third kappa shape index (κ3) is 4.11. The van der Waals surface area contributed by atoms with E-state index in [1.807, 2.05) is 38.1 Å². The minimum atomic E-state index is -0.528. The molecule has 0 aliphatic carbocycles. The Bertz CT molecular complexity index is 588. The lowest BCUT2D eigenvalue weighted by Gasteiger charge is -2.20. The van der Waals surface area contributed by atoms with Gasteiger partial charge in [0.15, 0.2) is 0 Å². The van der Waals surface area contributed by atoms with Gasteiger partial charge in [-0.3, -0.25) is 0 Å². The monoisotopic (exact) mass is 353 g/mol. The second-order valence-corrected chi connectivity index (χ2v) is 6.00. The van der Waals surface area contributed by atoms with Crippen LogP contribution < -0.4 is 5.32 Å². The van der Waals surface area contributed by atoms with E-state index in [1.54, 1.807) is 0 Å². The van der Waals surface area contributed by atoms with E-state index in [9.17, 15) is 8.78 Å². The summed E-state index contributed by atoms with van der Waals surface area (Å²) < 4.78 is 28.7. The molecule has 0 amide bonds. The van der Waals surface area contributed by atoms with Gasteiger partial charge in [0.05, 0.1) is 0 Å². The zero-order valence-corrected chi connectivity index (χ0v) is 13.7. The number of aryl methyl sites for hydroxylation is 1. The second-order valence-electron chi connectivity index (χ2n) is 5.08. The quantitative estimate of drug-likeness (QED) is 0.803. The van der Waals surface area contributed by atoms with Gasteiger partial charge in [0.25, 0.3) is 0 Å². The van der Waals surface area contributed by atoms with E-state index in [2.05, 4.69) is 21.2 Å². The molecule has 0 saturated carbocycles. The predicted octanol–water partition coefficient (Wildman–Crippen LogP) is 4.93. The Kier molecular flexibility index (Phi) is 5.48. The summed E-state index contributed by atoms with van der Waals surface area (Å²) in [6.45, 7) is 4.59. The minimum Gasteiger partial charge on any atom is -0.310 e. The van der Waals surface area contributed by atoms with Crippen LogP contribution in [0.4, 0.5) is 8.78 Å². The van der Waals surface area contributed by atoms with Crippen LogP contribution in [-0.4, -0.2) is 6.54 Å². The molecule has 2 aromatic carbocycles. The molecular weight excluding hydrogens is 336 g/mol. The van der Waals surface area contributed by atoms with Crippen LogP contribution in [0.25, 0.3) is 0 Å². The molecular formula is C17H18BrF2N. The first-order valence-corrected chi connectivity index (χ1v) is 7.74. The molecule has 0 saturated heterocycles. The maximum absolute atomic E-state index is 14.1. The van der Waals surface area contributed by atoms with Crippen molar-refractivity contribution in [2.45, 2.75) is 26.3 Å². The number of likely N-dealkylation sites (N-methyl/N-ethyl adjacent to an activating group) is 1. The molecule has 112 valence electrons. The lowest BCUT2D eigenvalue weighted by atomic mass is 9.97. The van der Waals surface area contributed by atoms with Crippen LogP contribution in [0.5, 0.6) is 0 Å². The highest BCUT2D eigenvalue weighted by molar-refractivity contribution is 9.10. The van der Waals surface area contributed by atoms with Crippen molar-refractivity contribution in [3.63, 3.8) is 0 Å². The number of hydrogen-bond acceptors (Lipinski definition) is 1. The van der Waals surface area contributed by atoms with Gasteiger partial charge in [-0.05, 0) is 37.6 Å². The standard InChI is InChI=1S/C17H18BrF2N/c1-3-21-16(8-12-6-4-11(2)5-7-12)17-14(19)9-13(18)10-15(17)20/h4-7,9-10,16,21H,3,8H2,1-2H3. The summed E-state index contributed by atoms with van der Waals surface area (Å²) >= 11 is 3.11. The van der Waals surface area contributed by atoms with E-state index in [0.29, 0.717) is 17.4 Å². The van der Waals surface area contributed by atoms with Crippen molar-refractivity contribution in [2.75, 3.05) is 6.54 Å². The van der Waals surface area contributed by atoms with Gasteiger partial charge in [0, 0.05) is 16.1 Å². The van der Waals surface area contributed by atoms with Crippen molar-refractivity contribution in [3.05, 3.63) is 69.2 Å². The third-order valence-electron chi connectivity index (χ3n) is 3.40. The number of halogens is 3. The van der Waals surface area contributed by atoms with Crippen molar-refractivity contribution in [3.8, 4) is 0 Å². The maximum Gasteiger partial charge on any atom is 0.132 e. The van der Waals surface area contributed by atoms with Crippen LogP contribution in [0.2, 0.25) is 0 Å². The predicted molar refractivity (Wildman–Crippen MR) is 85.4 cm³/mol. The van der Waals surface area contributed by atoms with Gasteiger partial charge in [0.1, 0.15) is 11.6 Å². The number of nitrogens with one attached hydrogen (secondary N) is 1. The summed E-state index contributed by atoms with van der Waals surface area (Å²) in [5.41, 5.74) is 2.31. The molecule has 1 unspecified atom stereocenters. The van der Waals surface area contributed by atoms with Gasteiger partial charge in [-0.15, -0.1) is 0 Å². The fourth-order valence-corrected chi connectivity index (χ4v) is 2.77. The Labute approximate surface area is 132 Å². The largest absolute Gasteiger partial charge is 0.310 e. The molecule has 0 aliphatic heterocycles. The van der Waals surface area contributed by atoms with E-state index in [4.69, 9.17) is 0 Å². The number of hydrogen-bond donors (Lipinski definition) is 1. The first kappa shape index (κ1) is 16.1. The van der Waals surface area contributed by atoms with Crippen LogP contribution >= 0.6 is 15.9 Å². The normalized spacial score (nSPS) is 12.4. The average molecular weight is 354 g/mol. The fraction of sp³-hybridized carbons (Fsp3) is 0.294. The van der Waals surface area contributed by atoms with Crippen molar-refractivity contribution < 1.29 is 8.78 Å². The van der Waals surface area contributed by atoms with Crippen LogP contribution in [0.15, 0.2) is 40.9 Å². The molecule has 0 radical (unpaired) electrons. The van der Waals surface area contributed by atoms with E-state index < -0.39 is 11.6 Å². The average Bonchev–Trinajstić information content (AvgIpc) is 2.40. The first-order chi connectivity index (χ1) is 10.0. The Hall–Kier alpha value is -1.26. The second kappa shape index (κ2) is 7.14. The Balaban J connectivity index is 2.33. The summed E-state index contributed by atoms with van der Waals surface area (Å²) in [6, 6.07) is 10.2. The molecule has 2 aromatic rings. The number of rotatable bonds is 5. The molecule has 4 heteroatoms. The van der Waals surface area contributed by atoms with Crippen molar-refractivity contribution in [1.82, 2.24) is 5.32 Å². The first-order valence-electron chi connectivity index (χ1n) is 6.94. The van der Waals surface area contributed by atoms with E-state index in [1.165, 1.54) is 17.7 Å². The summed E-state index contributed by atoms with van der Waals surface area (Å²) in [6.07, 6.45) is 0.545. The van der Waals surface area contributed by atoms with Crippen molar-refractivity contribution in [2.24, 2.45) is 0 Å². The molecule has 0 heterocycles. The van der Waals surface area contributed by atoms with Crippen LogP contribution in [0, 0.1) is 18.6 Å². The molecule has 0 spiro atoms. The zero-order valence-electron chi connectivity index (χ0n) is 12.1. The molecule has 21 heavy (non-hydrogen) atoms. The van der Waals surface area contributed by atoms with E-state index >= 15 is 0 Å². The molecule has 1 atom stereocenters. The lowest BCUT2D eigenvalue weighted by molar-refractivity contribution is 0.472. The van der Waals surface area contributed by atoms with E-state index in [-0.39, 0.29) is 11.6 Å². The molecule has 1 N–H and O–H groups in total. The van der Waals surface area contributed by atoms with Gasteiger partial charge in [-0.2, -0.15) is 0 Å². The van der Waals surface area contributed by atoms with Gasteiger partial charge >= 0.3 is 0 Å². The lowest BCUT2D eigenvalue weighted by Crippen LogP contribution is -2.25. The smallest absolute Gasteiger partial charge is 0.132 e. The van der Waals surface area contributed by atoms with Crippen molar-refractivity contribution in [1.29, 1.82) is 0 Å². The van der Waals surface area contributed by atoms with Crippen molar-refractivity contribution >= 4 is 15.9 Å². The highest BCUT2D eigenvalue weighted by Gasteiger charge is 2.20. The van der Waals surface area contributed by atoms with Crippen LogP contribution in [0.1, 0.15) is 29.7 Å². The Morgan fingerprint density at radius 3 is 2.19 bits per heavy atom. The van der Waals surface area contributed by atoms with Gasteiger partial charge in [-0.25, -0.2) is 8.78 Å². The maximum atomic E-state index is 14.1. The molecule has 1 nitrogen and oxygen atoms in total. The summed E-state index contributed by atoms with van der Waals surface area (Å²) in [7, 11) is 0. The highest BCUT2D eigenvalue weighted by Crippen LogP contribution is 2.27. The van der Waals surface area contributed by atoms with Crippen LogP contribution in [-0.2, 0) is 6.42 Å². The zero-order chi connectivity index (χ0) is 15.4. The molecule has 0 aliphatic rings. The molecule has 0 aromatic heterocycles. The molecule has 2 rings (SSSR count). The molecule has 0 fully saturated rings. The highest BCUT2D eigenvalue weighted by atomic mass is 79.9. The topological polar surface area (TPSA) is 12.0 Å². The van der Waals surface area contributed by atoms with Gasteiger partial charge < -0.3 is 5.32 Å². The van der Waals surface area contributed by atoms with Gasteiger partial charge in [0.2, 0.25) is 0 Å². The third-order valence-corrected chi connectivity index (χ3v) is 3.86. The number of benzene rings is 2. The minimum absolute atomic E-state index is 0.0978. The summed E-state index contributed by atoms with van der Waals surface area (Å²) in [5.74, 6) is -1.06. The van der Waals surface area contributed by atoms with E-state index in [0.717, 1.165) is 5.56 Å².